The van der Waals surface area contributed by atoms with E-state index in [2.05, 4.69) is 4.98 Å². The van der Waals surface area contributed by atoms with Gasteiger partial charge in [-0.15, -0.1) is 0 Å². The van der Waals surface area contributed by atoms with Crippen LogP contribution >= 0.6 is 0 Å². The van der Waals surface area contributed by atoms with E-state index in [0.29, 0.717) is 0 Å². The second-order valence-corrected chi connectivity index (χ2v) is 4.27. The van der Waals surface area contributed by atoms with Crippen LogP contribution in [0.15, 0.2) is 42.6 Å². The molecule has 1 aromatic heterocycles. The molecular weight excluding hydrogens is 229 g/mol. The lowest BCUT2D eigenvalue weighted by molar-refractivity contribution is 0.628. The maximum absolute atomic E-state index is 13.2. The zero-order valence-corrected chi connectivity index (χ0v) is 10.5. The molecule has 0 bridgehead atoms. The molecule has 0 aliphatic heterocycles. The van der Waals surface area contributed by atoms with Crippen molar-refractivity contribution in [1.82, 2.24) is 4.98 Å². The summed E-state index contributed by atoms with van der Waals surface area (Å²) in [5.41, 5.74) is 7.60. The molecule has 0 spiro atoms. The third kappa shape index (κ3) is 2.65. The molecule has 0 saturated carbocycles. The van der Waals surface area contributed by atoms with Crippen LogP contribution in [0.4, 0.5) is 15.9 Å². The van der Waals surface area contributed by atoms with Gasteiger partial charge in [0.15, 0.2) is 0 Å². The van der Waals surface area contributed by atoms with E-state index >= 15 is 0 Å². The van der Waals surface area contributed by atoms with Gasteiger partial charge < -0.3 is 10.6 Å². The van der Waals surface area contributed by atoms with Crippen LogP contribution in [0, 0.1) is 5.82 Å². The van der Waals surface area contributed by atoms with Crippen LogP contribution in [0.3, 0.4) is 0 Å². The third-order valence-electron chi connectivity index (χ3n) is 2.83. The topological polar surface area (TPSA) is 42.1 Å². The maximum Gasteiger partial charge on any atom is 0.132 e. The number of hydrogen-bond donors (Lipinski definition) is 1. The summed E-state index contributed by atoms with van der Waals surface area (Å²) in [5, 5.41) is 0. The quantitative estimate of drug-likeness (QED) is 0.903. The van der Waals surface area contributed by atoms with Crippen LogP contribution in [-0.2, 0) is 0 Å². The Morgan fingerprint density at radius 1 is 1.28 bits per heavy atom. The molecule has 0 aliphatic rings. The van der Waals surface area contributed by atoms with Crippen LogP contribution in [0.5, 0.6) is 0 Å². The van der Waals surface area contributed by atoms with Crippen LogP contribution in [0.25, 0.3) is 0 Å². The Balaban J connectivity index is 2.33. The minimum Gasteiger partial charge on any atom is -0.329 e. The molecule has 0 saturated heterocycles. The van der Waals surface area contributed by atoms with E-state index in [1.807, 2.05) is 37.1 Å². The highest BCUT2D eigenvalue weighted by Crippen LogP contribution is 2.23. The Kier molecular flexibility index (Phi) is 3.58. The lowest BCUT2D eigenvalue weighted by atomic mass is 10.1. The fourth-order valence-corrected chi connectivity index (χ4v) is 1.72. The Labute approximate surface area is 106 Å². The highest BCUT2D eigenvalue weighted by Gasteiger charge is 2.08. The summed E-state index contributed by atoms with van der Waals surface area (Å²) >= 11 is 0. The van der Waals surface area contributed by atoms with Gasteiger partial charge in [-0.3, -0.25) is 0 Å². The van der Waals surface area contributed by atoms with Crippen molar-refractivity contribution >= 4 is 11.5 Å². The van der Waals surface area contributed by atoms with Gasteiger partial charge in [0.05, 0.1) is 0 Å². The summed E-state index contributed by atoms with van der Waals surface area (Å²) < 4.78 is 13.2. The van der Waals surface area contributed by atoms with Crippen molar-refractivity contribution in [3.05, 3.63) is 54.0 Å². The van der Waals surface area contributed by atoms with E-state index < -0.39 is 0 Å². The molecule has 1 aromatic carbocycles. The Morgan fingerprint density at radius 2 is 2.06 bits per heavy atom. The van der Waals surface area contributed by atoms with E-state index in [-0.39, 0.29) is 11.9 Å². The predicted octanol–water partition coefficient (Wildman–Crippen LogP) is 3.01. The molecule has 18 heavy (non-hydrogen) atoms. The first kappa shape index (κ1) is 12.5. The molecule has 0 radical (unpaired) electrons. The molecule has 0 fully saturated rings. The molecule has 0 aliphatic carbocycles. The van der Waals surface area contributed by atoms with Gasteiger partial charge in [-0.2, -0.15) is 0 Å². The van der Waals surface area contributed by atoms with Crippen molar-refractivity contribution in [1.29, 1.82) is 0 Å². The number of benzene rings is 1. The molecule has 2 N–H and O–H groups in total. The van der Waals surface area contributed by atoms with Gasteiger partial charge in [-0.1, -0.05) is 6.07 Å². The van der Waals surface area contributed by atoms with Crippen molar-refractivity contribution < 1.29 is 4.39 Å². The van der Waals surface area contributed by atoms with Crippen molar-refractivity contribution in [2.45, 2.75) is 13.0 Å². The van der Waals surface area contributed by atoms with E-state index in [9.17, 15) is 4.39 Å². The number of aromatic nitrogens is 1. The predicted molar refractivity (Wildman–Crippen MR) is 71.3 cm³/mol. The first-order valence-electron chi connectivity index (χ1n) is 5.79. The fraction of sp³-hybridized carbons (Fsp3) is 0.214. The largest absolute Gasteiger partial charge is 0.329 e. The minimum atomic E-state index is -0.261. The zero-order valence-electron chi connectivity index (χ0n) is 10.5. The van der Waals surface area contributed by atoms with Crippen molar-refractivity contribution in [3.8, 4) is 0 Å². The average Bonchev–Trinajstić information content (AvgIpc) is 2.38. The molecule has 94 valence electrons. The molecule has 1 heterocycles. The fourth-order valence-electron chi connectivity index (χ4n) is 1.72. The number of anilines is 2. The molecule has 0 unspecified atom stereocenters. The second kappa shape index (κ2) is 5.14. The molecule has 2 aromatic rings. The number of hydrogen-bond acceptors (Lipinski definition) is 3. The van der Waals surface area contributed by atoms with Crippen LogP contribution < -0.4 is 10.6 Å². The number of rotatable bonds is 3. The van der Waals surface area contributed by atoms with Gasteiger partial charge in [0.2, 0.25) is 0 Å². The van der Waals surface area contributed by atoms with Gasteiger partial charge in [0, 0.05) is 25.0 Å². The summed E-state index contributed by atoms with van der Waals surface area (Å²) in [6, 6.07) is 10.2. The highest BCUT2D eigenvalue weighted by atomic mass is 19.1. The van der Waals surface area contributed by atoms with Gasteiger partial charge in [-0.05, 0) is 42.8 Å². The van der Waals surface area contributed by atoms with E-state index in [0.717, 1.165) is 17.1 Å². The number of nitrogens with two attached hydrogens (primary N) is 1. The highest BCUT2D eigenvalue weighted by molar-refractivity contribution is 5.59. The number of nitrogens with zero attached hydrogens (tertiary/aromatic N) is 2. The lowest BCUT2D eigenvalue weighted by Crippen LogP contribution is -2.13. The summed E-state index contributed by atoms with van der Waals surface area (Å²) in [5.74, 6) is 0.484. The SMILES string of the molecule is C[C@@H](N)c1ccnc(N(C)c2cccc(F)c2)c1. The van der Waals surface area contributed by atoms with Crippen molar-refractivity contribution in [2.75, 3.05) is 11.9 Å². The van der Waals surface area contributed by atoms with Crippen LogP contribution in [0.2, 0.25) is 0 Å². The molecular formula is C14H16FN3. The minimum absolute atomic E-state index is 0.0485. The summed E-state index contributed by atoms with van der Waals surface area (Å²) in [4.78, 5) is 6.10. The monoisotopic (exact) mass is 245 g/mol. The Morgan fingerprint density at radius 3 is 2.72 bits per heavy atom. The van der Waals surface area contributed by atoms with E-state index in [1.165, 1.54) is 12.1 Å². The Bertz CT molecular complexity index is 540. The summed E-state index contributed by atoms with van der Waals surface area (Å²) in [6.45, 7) is 1.92. The van der Waals surface area contributed by atoms with Gasteiger partial charge >= 0.3 is 0 Å². The first-order valence-corrected chi connectivity index (χ1v) is 5.79. The van der Waals surface area contributed by atoms with Crippen molar-refractivity contribution in [2.24, 2.45) is 5.73 Å². The molecule has 3 nitrogen and oxygen atoms in total. The smallest absolute Gasteiger partial charge is 0.132 e. The number of halogens is 1. The van der Waals surface area contributed by atoms with Crippen molar-refractivity contribution in [3.63, 3.8) is 0 Å². The molecule has 2 rings (SSSR count). The average molecular weight is 245 g/mol. The second-order valence-electron chi connectivity index (χ2n) is 4.27. The molecule has 1 atom stereocenters. The lowest BCUT2D eigenvalue weighted by Gasteiger charge is -2.19. The zero-order chi connectivity index (χ0) is 13.1. The van der Waals surface area contributed by atoms with Gasteiger partial charge in [-0.25, -0.2) is 9.37 Å². The molecule has 0 amide bonds. The summed E-state index contributed by atoms with van der Waals surface area (Å²) in [6.07, 6.45) is 1.71. The number of pyridine rings is 1. The standard InChI is InChI=1S/C14H16FN3/c1-10(16)11-6-7-17-14(8-11)18(2)13-5-3-4-12(15)9-13/h3-10H,16H2,1-2H3/t10-/m1/s1. The van der Waals surface area contributed by atoms with Gasteiger partial charge in [0.25, 0.3) is 0 Å². The van der Waals surface area contributed by atoms with E-state index in [1.54, 1.807) is 12.3 Å². The van der Waals surface area contributed by atoms with Crippen LogP contribution in [-0.4, -0.2) is 12.0 Å². The maximum atomic E-state index is 13.2. The van der Waals surface area contributed by atoms with Crippen LogP contribution in [0.1, 0.15) is 18.5 Å². The Hall–Kier alpha value is -1.94. The summed E-state index contributed by atoms with van der Waals surface area (Å²) in [7, 11) is 1.85. The normalized spacial score (nSPS) is 12.2. The third-order valence-corrected chi connectivity index (χ3v) is 2.83. The van der Waals surface area contributed by atoms with Gasteiger partial charge in [0.1, 0.15) is 11.6 Å². The molecule has 4 heteroatoms. The first-order chi connectivity index (χ1) is 8.58. The van der Waals surface area contributed by atoms with E-state index in [4.69, 9.17) is 5.73 Å².